The summed E-state index contributed by atoms with van der Waals surface area (Å²) in [4.78, 5) is 4.49. The number of nitrogens with zero attached hydrogens (tertiary/aromatic N) is 2. The average molecular weight is 312 g/mol. The van der Waals surface area contributed by atoms with Crippen LogP contribution in [0.1, 0.15) is 30.5 Å². The van der Waals surface area contributed by atoms with Gasteiger partial charge in [-0.2, -0.15) is 0 Å². The van der Waals surface area contributed by atoms with Gasteiger partial charge in [-0.25, -0.2) is 4.98 Å². The van der Waals surface area contributed by atoms with Gasteiger partial charge in [-0.1, -0.05) is 47.9 Å². The first-order valence-electron chi connectivity index (χ1n) is 7.92. The molecule has 0 aliphatic carbocycles. The minimum atomic E-state index is 0.869. The van der Waals surface area contributed by atoms with Crippen LogP contribution in [0.4, 0.5) is 0 Å². The quantitative estimate of drug-likeness (QED) is 0.604. The van der Waals surface area contributed by atoms with E-state index in [1.165, 1.54) is 5.56 Å². The summed E-state index contributed by atoms with van der Waals surface area (Å²) >= 11 is 0. The van der Waals surface area contributed by atoms with Gasteiger partial charge in [0.1, 0.15) is 5.82 Å². The van der Waals surface area contributed by atoms with E-state index in [2.05, 4.69) is 60.8 Å². The highest BCUT2D eigenvalue weighted by Crippen LogP contribution is 2.26. The van der Waals surface area contributed by atoms with E-state index in [0.29, 0.717) is 0 Å². The second-order valence-electron chi connectivity index (χ2n) is 5.92. The van der Waals surface area contributed by atoms with Gasteiger partial charge in [0, 0.05) is 24.2 Å². The van der Waals surface area contributed by atoms with Crippen LogP contribution in [0, 0.1) is 18.8 Å². The molecule has 0 atom stereocenters. The minimum Gasteiger partial charge on any atom is -0.307 e. The van der Waals surface area contributed by atoms with Crippen molar-refractivity contribution in [1.82, 2.24) is 9.55 Å². The summed E-state index contributed by atoms with van der Waals surface area (Å²) in [6.45, 7) is 9.96. The van der Waals surface area contributed by atoms with Gasteiger partial charge in [0.05, 0.1) is 5.56 Å². The monoisotopic (exact) mass is 312 g/mol. The Morgan fingerprint density at radius 2 is 1.88 bits per heavy atom. The van der Waals surface area contributed by atoms with Gasteiger partial charge in [-0.05, 0) is 44.0 Å². The van der Waals surface area contributed by atoms with Crippen LogP contribution in [0.25, 0.3) is 22.5 Å². The molecule has 0 saturated carbocycles. The molecule has 0 unspecified atom stereocenters. The van der Waals surface area contributed by atoms with Gasteiger partial charge in [0.25, 0.3) is 0 Å². The van der Waals surface area contributed by atoms with E-state index in [1.807, 2.05) is 42.9 Å². The predicted octanol–water partition coefficient (Wildman–Crippen LogP) is 5.25. The molecule has 3 aromatic rings. The fourth-order valence-electron chi connectivity index (χ4n) is 2.61. The van der Waals surface area contributed by atoms with Crippen molar-refractivity contribution in [2.45, 2.75) is 20.8 Å². The lowest BCUT2D eigenvalue weighted by molar-refractivity contribution is 1.01. The minimum absolute atomic E-state index is 0.869. The van der Waals surface area contributed by atoms with Gasteiger partial charge in [-0.15, -0.1) is 5.92 Å². The van der Waals surface area contributed by atoms with Gasteiger partial charge in [0.2, 0.25) is 0 Å². The number of aryl methyl sites for hydroxylation is 1. The highest BCUT2D eigenvalue weighted by molar-refractivity contribution is 5.72. The van der Waals surface area contributed by atoms with Crippen LogP contribution in [0.2, 0.25) is 0 Å². The van der Waals surface area contributed by atoms with Gasteiger partial charge >= 0.3 is 0 Å². The topological polar surface area (TPSA) is 17.8 Å². The molecule has 1 aromatic carbocycles. The van der Waals surface area contributed by atoms with Crippen LogP contribution >= 0.6 is 0 Å². The lowest BCUT2D eigenvalue weighted by atomic mass is 10.0. The number of hydrogen-bond acceptors (Lipinski definition) is 1. The van der Waals surface area contributed by atoms with Gasteiger partial charge < -0.3 is 4.57 Å². The molecule has 0 fully saturated rings. The molecular formula is C22H20N2. The van der Waals surface area contributed by atoms with E-state index in [9.17, 15) is 0 Å². The molecule has 0 radical (unpaired) electrons. The van der Waals surface area contributed by atoms with Crippen molar-refractivity contribution in [3.05, 3.63) is 78.3 Å². The van der Waals surface area contributed by atoms with Crippen molar-refractivity contribution < 1.29 is 0 Å². The third-order valence-corrected chi connectivity index (χ3v) is 3.95. The summed E-state index contributed by atoms with van der Waals surface area (Å²) in [6.07, 6.45) is 5.95. The molecule has 0 bridgehead atoms. The number of hydrogen-bond donors (Lipinski definition) is 0. The molecule has 0 amide bonds. The van der Waals surface area contributed by atoms with Crippen LogP contribution < -0.4 is 0 Å². The molecule has 2 heteroatoms. The Hall–Kier alpha value is -3.05. The molecule has 24 heavy (non-hydrogen) atoms. The normalized spacial score (nSPS) is 10.1. The Labute approximate surface area is 143 Å². The number of aromatic nitrogens is 2. The third-order valence-electron chi connectivity index (χ3n) is 3.95. The average Bonchev–Trinajstić information content (AvgIpc) is 3.00. The zero-order valence-corrected chi connectivity index (χ0v) is 14.3. The first-order valence-corrected chi connectivity index (χ1v) is 7.92. The Morgan fingerprint density at radius 1 is 1.12 bits per heavy atom. The molecule has 0 saturated heterocycles. The van der Waals surface area contributed by atoms with Crippen LogP contribution in [0.5, 0.6) is 0 Å². The van der Waals surface area contributed by atoms with Crippen molar-refractivity contribution >= 4 is 5.57 Å². The largest absolute Gasteiger partial charge is 0.307 e. The molecule has 2 aromatic heterocycles. The lowest BCUT2D eigenvalue weighted by Gasteiger charge is -2.05. The van der Waals surface area contributed by atoms with Crippen molar-refractivity contribution in [3.8, 4) is 28.8 Å². The van der Waals surface area contributed by atoms with E-state index in [4.69, 9.17) is 0 Å². The van der Waals surface area contributed by atoms with Crippen LogP contribution in [0.15, 0.2) is 61.6 Å². The van der Waals surface area contributed by atoms with Crippen molar-refractivity contribution in [2.24, 2.45) is 0 Å². The van der Waals surface area contributed by atoms with Crippen molar-refractivity contribution in [1.29, 1.82) is 0 Å². The Balaban J connectivity index is 2.12. The molecule has 0 aliphatic heterocycles. The molecule has 0 spiro atoms. The Morgan fingerprint density at radius 3 is 2.54 bits per heavy atom. The predicted molar refractivity (Wildman–Crippen MR) is 101 cm³/mol. The highest BCUT2D eigenvalue weighted by atomic mass is 15.0. The smallest absolute Gasteiger partial charge is 0.137 e. The molecule has 118 valence electrons. The fraction of sp³-hybridized carbons (Fsp3) is 0.136. The van der Waals surface area contributed by atoms with Crippen molar-refractivity contribution in [2.75, 3.05) is 0 Å². The lowest BCUT2D eigenvalue weighted by Crippen LogP contribution is -1.94. The van der Waals surface area contributed by atoms with Crippen LogP contribution in [0.3, 0.4) is 0 Å². The number of rotatable bonds is 3. The Bertz CT molecular complexity index is 948. The van der Waals surface area contributed by atoms with E-state index in [0.717, 1.165) is 33.6 Å². The van der Waals surface area contributed by atoms with Gasteiger partial charge in [0.15, 0.2) is 0 Å². The second-order valence-corrected chi connectivity index (χ2v) is 5.92. The highest BCUT2D eigenvalue weighted by Gasteiger charge is 2.10. The summed E-state index contributed by atoms with van der Waals surface area (Å²) in [5.41, 5.74) is 6.65. The number of benzene rings is 1. The van der Waals surface area contributed by atoms with Crippen molar-refractivity contribution in [3.63, 3.8) is 0 Å². The molecule has 2 nitrogen and oxygen atoms in total. The zero-order chi connectivity index (χ0) is 17.1. The SMILES string of the molecule is C=C(C)c1ccnc(-n2cc(C#CC)c(-c3ccc(C)cc3)c2)c1. The van der Waals surface area contributed by atoms with Crippen LogP contribution in [-0.4, -0.2) is 9.55 Å². The maximum atomic E-state index is 4.49. The summed E-state index contributed by atoms with van der Waals surface area (Å²) < 4.78 is 2.03. The number of allylic oxidation sites excluding steroid dienone is 1. The van der Waals surface area contributed by atoms with E-state index < -0.39 is 0 Å². The standard InChI is InChI=1S/C22H20N2/c1-5-6-20-14-24(22-13-19(16(2)3)11-12-23-22)15-21(20)18-9-7-17(4)8-10-18/h7-15H,2H2,1,3-4H3. The first kappa shape index (κ1) is 15.8. The molecular weight excluding hydrogens is 292 g/mol. The van der Waals surface area contributed by atoms with E-state index in [-0.39, 0.29) is 0 Å². The summed E-state index contributed by atoms with van der Waals surface area (Å²) in [6, 6.07) is 12.5. The zero-order valence-electron chi connectivity index (χ0n) is 14.3. The van der Waals surface area contributed by atoms with E-state index >= 15 is 0 Å². The Kier molecular flexibility index (Phi) is 4.35. The molecule has 0 N–H and O–H groups in total. The van der Waals surface area contributed by atoms with Crippen LogP contribution in [-0.2, 0) is 0 Å². The first-order chi connectivity index (χ1) is 11.6. The van der Waals surface area contributed by atoms with Gasteiger partial charge in [-0.3, -0.25) is 0 Å². The third kappa shape index (κ3) is 3.16. The summed E-state index contributed by atoms with van der Waals surface area (Å²) in [5, 5.41) is 0. The summed E-state index contributed by atoms with van der Waals surface area (Å²) in [5.74, 6) is 7.07. The molecule has 2 heterocycles. The molecule has 3 rings (SSSR count). The molecule has 0 aliphatic rings. The fourth-order valence-corrected chi connectivity index (χ4v) is 2.61. The maximum Gasteiger partial charge on any atom is 0.137 e. The number of pyridine rings is 1. The van der Waals surface area contributed by atoms with E-state index in [1.54, 1.807) is 0 Å². The maximum absolute atomic E-state index is 4.49. The summed E-state index contributed by atoms with van der Waals surface area (Å²) in [7, 11) is 0. The second kappa shape index (κ2) is 6.60.